The van der Waals surface area contributed by atoms with E-state index in [4.69, 9.17) is 9.72 Å². The highest BCUT2D eigenvalue weighted by Gasteiger charge is 2.15. The summed E-state index contributed by atoms with van der Waals surface area (Å²) in [6, 6.07) is 14.9. The van der Waals surface area contributed by atoms with E-state index in [9.17, 15) is 4.79 Å². The van der Waals surface area contributed by atoms with Crippen molar-refractivity contribution in [3.05, 3.63) is 82.4 Å². The molecule has 0 aliphatic carbocycles. The molecule has 0 bridgehead atoms. The number of imidazole rings is 1. The van der Waals surface area contributed by atoms with Crippen LogP contribution in [-0.2, 0) is 5.75 Å². The number of hydrogen-bond acceptors (Lipinski definition) is 6. The Hall–Kier alpha value is -3.10. The molecule has 0 radical (unpaired) electrons. The smallest absolute Gasteiger partial charge is 0.266 e. The molecule has 0 spiro atoms. The van der Waals surface area contributed by atoms with E-state index in [-0.39, 0.29) is 5.56 Å². The number of hydrogen-bond donors (Lipinski definition) is 0. The second-order valence-electron chi connectivity index (χ2n) is 6.37. The molecule has 0 atom stereocenters. The fourth-order valence-electron chi connectivity index (χ4n) is 3.17. The van der Waals surface area contributed by atoms with Gasteiger partial charge in [-0.2, -0.15) is 0 Å². The summed E-state index contributed by atoms with van der Waals surface area (Å²) in [5.74, 6) is 1.30. The average molecular weight is 421 g/mol. The third-order valence-corrected chi connectivity index (χ3v) is 6.29. The molecule has 0 fully saturated rings. The maximum Gasteiger partial charge on any atom is 0.266 e. The first-order valence-corrected chi connectivity index (χ1v) is 10.8. The molecule has 6 nitrogen and oxygen atoms in total. The first-order chi connectivity index (χ1) is 14.2. The number of rotatable bonds is 5. The molecule has 0 unspecified atom stereocenters. The largest absolute Gasteiger partial charge is 0.497 e. The van der Waals surface area contributed by atoms with E-state index in [1.165, 1.54) is 11.8 Å². The van der Waals surface area contributed by atoms with Crippen molar-refractivity contribution in [2.24, 2.45) is 0 Å². The van der Waals surface area contributed by atoms with Crippen LogP contribution in [0.1, 0.15) is 5.69 Å². The summed E-state index contributed by atoms with van der Waals surface area (Å²) in [6.45, 7) is 0. The lowest BCUT2D eigenvalue weighted by molar-refractivity contribution is 0.414. The Kier molecular flexibility index (Phi) is 4.57. The number of thioether (sulfide) groups is 1. The lowest BCUT2D eigenvalue weighted by atomic mass is 10.2. The fourth-order valence-corrected chi connectivity index (χ4v) is 4.79. The minimum Gasteiger partial charge on any atom is -0.497 e. The van der Waals surface area contributed by atoms with E-state index >= 15 is 0 Å². The minimum absolute atomic E-state index is 0.0998. The summed E-state index contributed by atoms with van der Waals surface area (Å²) in [5.41, 5.74) is 2.25. The highest BCUT2D eigenvalue weighted by Crippen LogP contribution is 2.26. The monoisotopic (exact) mass is 420 g/mol. The second-order valence-corrected chi connectivity index (χ2v) is 8.18. The van der Waals surface area contributed by atoms with Crippen molar-refractivity contribution in [2.75, 3.05) is 7.11 Å². The number of para-hydroxylation sites is 1. The third-order valence-electron chi connectivity index (χ3n) is 4.55. The average Bonchev–Trinajstić information content (AvgIpc) is 3.34. The molecular weight excluding hydrogens is 404 g/mol. The van der Waals surface area contributed by atoms with Crippen LogP contribution < -0.4 is 10.3 Å². The van der Waals surface area contributed by atoms with E-state index < -0.39 is 0 Å². The van der Waals surface area contributed by atoms with Crippen molar-refractivity contribution in [3.63, 3.8) is 0 Å². The van der Waals surface area contributed by atoms with Gasteiger partial charge in [0, 0.05) is 29.6 Å². The van der Waals surface area contributed by atoms with Gasteiger partial charge in [0.1, 0.15) is 5.75 Å². The number of aromatic nitrogens is 4. The van der Waals surface area contributed by atoms with Crippen LogP contribution >= 0.6 is 23.1 Å². The van der Waals surface area contributed by atoms with Gasteiger partial charge in [-0.15, -0.1) is 11.3 Å². The number of nitrogens with zero attached hydrogens (tertiary/aromatic N) is 4. The molecule has 8 heteroatoms. The molecule has 144 valence electrons. The van der Waals surface area contributed by atoms with E-state index in [2.05, 4.69) is 4.98 Å². The summed E-state index contributed by atoms with van der Waals surface area (Å²) < 4.78 is 8.99. The lowest BCUT2D eigenvalue weighted by Gasteiger charge is -2.13. The maximum absolute atomic E-state index is 13.3. The molecule has 3 aromatic heterocycles. The Morgan fingerprint density at radius 1 is 1.14 bits per heavy atom. The SMILES string of the molecule is COc1cccc(-n2c(SCc3cn4ccsc4n3)nc3ccccc3c2=O)c1. The number of ether oxygens (including phenoxy) is 1. The van der Waals surface area contributed by atoms with E-state index in [0.717, 1.165) is 16.3 Å². The van der Waals surface area contributed by atoms with Gasteiger partial charge < -0.3 is 4.74 Å². The first-order valence-electron chi connectivity index (χ1n) is 8.93. The van der Waals surface area contributed by atoms with Crippen molar-refractivity contribution in [3.8, 4) is 11.4 Å². The lowest BCUT2D eigenvalue weighted by Crippen LogP contribution is -2.21. The van der Waals surface area contributed by atoms with Gasteiger partial charge in [-0.05, 0) is 24.3 Å². The van der Waals surface area contributed by atoms with Crippen LogP contribution in [0.3, 0.4) is 0 Å². The predicted molar refractivity (Wildman–Crippen MR) is 117 cm³/mol. The Bertz CT molecular complexity index is 1360. The van der Waals surface area contributed by atoms with Gasteiger partial charge in [0.25, 0.3) is 5.56 Å². The Labute approximate surface area is 174 Å². The van der Waals surface area contributed by atoms with Crippen molar-refractivity contribution in [2.45, 2.75) is 10.9 Å². The molecular formula is C21H16N4O2S2. The standard InChI is InChI=1S/C21H16N4O2S2/c1-27-16-6-4-5-15(11-16)25-19(26)17-7-2-3-8-18(17)23-21(25)29-13-14-12-24-9-10-28-20(24)22-14/h2-12H,13H2,1H3. The van der Waals surface area contributed by atoms with Crippen LogP contribution in [0.5, 0.6) is 5.75 Å². The topological polar surface area (TPSA) is 61.4 Å². The quantitative estimate of drug-likeness (QED) is 0.312. The Morgan fingerprint density at radius 2 is 2.03 bits per heavy atom. The zero-order valence-corrected chi connectivity index (χ0v) is 17.1. The van der Waals surface area contributed by atoms with Gasteiger partial charge in [-0.25, -0.2) is 9.97 Å². The number of fused-ring (bicyclic) bond motifs is 2. The maximum atomic E-state index is 13.3. The van der Waals surface area contributed by atoms with Crippen molar-refractivity contribution >= 4 is 39.0 Å². The zero-order chi connectivity index (χ0) is 19.8. The summed E-state index contributed by atoms with van der Waals surface area (Å²) in [6.07, 6.45) is 4.00. The van der Waals surface area contributed by atoms with Crippen LogP contribution in [0.25, 0.3) is 21.6 Å². The number of benzene rings is 2. The van der Waals surface area contributed by atoms with E-state index in [1.54, 1.807) is 29.1 Å². The molecule has 0 aliphatic rings. The molecule has 0 amide bonds. The normalized spacial score (nSPS) is 11.3. The molecule has 5 aromatic rings. The summed E-state index contributed by atoms with van der Waals surface area (Å²) in [7, 11) is 1.61. The first kappa shape index (κ1) is 18.0. The van der Waals surface area contributed by atoms with Crippen LogP contribution in [0.4, 0.5) is 0 Å². The Morgan fingerprint density at radius 3 is 2.90 bits per heavy atom. The molecule has 0 saturated carbocycles. The summed E-state index contributed by atoms with van der Waals surface area (Å²) in [5, 5.41) is 3.21. The van der Waals surface area contributed by atoms with Crippen molar-refractivity contribution < 1.29 is 4.74 Å². The number of thiazole rings is 1. The summed E-state index contributed by atoms with van der Waals surface area (Å²) in [4.78, 5) is 23.7. The minimum atomic E-state index is -0.0998. The molecule has 0 N–H and O–H groups in total. The zero-order valence-electron chi connectivity index (χ0n) is 15.5. The van der Waals surface area contributed by atoms with Crippen LogP contribution in [-0.4, -0.2) is 26.0 Å². The van der Waals surface area contributed by atoms with E-state index in [1.807, 2.05) is 64.6 Å². The highest BCUT2D eigenvalue weighted by molar-refractivity contribution is 7.98. The van der Waals surface area contributed by atoms with Crippen LogP contribution in [0.15, 0.2) is 76.3 Å². The number of methoxy groups -OCH3 is 1. The van der Waals surface area contributed by atoms with Gasteiger partial charge in [-0.3, -0.25) is 13.8 Å². The molecule has 0 saturated heterocycles. The molecule has 0 aliphatic heterocycles. The van der Waals surface area contributed by atoms with Crippen LogP contribution in [0, 0.1) is 0 Å². The molecule has 29 heavy (non-hydrogen) atoms. The summed E-state index contributed by atoms with van der Waals surface area (Å²) >= 11 is 3.09. The molecule has 2 aromatic carbocycles. The van der Waals surface area contributed by atoms with Gasteiger partial charge in [0.05, 0.1) is 29.4 Å². The third kappa shape index (κ3) is 3.30. The second kappa shape index (κ2) is 7.38. The van der Waals surface area contributed by atoms with Gasteiger partial charge >= 0.3 is 0 Å². The predicted octanol–water partition coefficient (Wildman–Crippen LogP) is 4.40. The van der Waals surface area contributed by atoms with Crippen molar-refractivity contribution in [1.82, 2.24) is 18.9 Å². The highest BCUT2D eigenvalue weighted by atomic mass is 32.2. The van der Waals surface area contributed by atoms with Gasteiger partial charge in [-0.1, -0.05) is 30.0 Å². The van der Waals surface area contributed by atoms with Gasteiger partial charge in [0.2, 0.25) is 0 Å². The van der Waals surface area contributed by atoms with E-state index in [0.29, 0.717) is 27.6 Å². The van der Waals surface area contributed by atoms with Crippen LogP contribution in [0.2, 0.25) is 0 Å². The molecule has 5 rings (SSSR count). The van der Waals surface area contributed by atoms with Gasteiger partial charge in [0.15, 0.2) is 10.1 Å². The fraction of sp³-hybridized carbons (Fsp3) is 0.0952. The van der Waals surface area contributed by atoms with Crippen molar-refractivity contribution in [1.29, 1.82) is 0 Å². The molecule has 3 heterocycles. The Balaban J connectivity index is 1.61.